The molecular weight excluding hydrogens is 716 g/mol. The number of aryl methyl sites for hydroxylation is 1. The molecule has 0 bridgehead atoms. The number of halogens is 1. The largest absolute Gasteiger partial charge is 0.443 e. The number of amides is 4. The van der Waals surface area contributed by atoms with Crippen LogP contribution in [0.15, 0.2) is 24.3 Å². The SMILES string of the molecule is Cn1c(C(=O)NS(=O)(=O)N2CCCC2)cc2cc(NC(=O)[C@@H]3[C@H](C4CCCCC4)CCN3C(=O)[C@H]3CC[C@H]([C@H](OC(N)=O)C(F)C(C)(C)C)CC3)ccc21. The molecule has 2 aliphatic heterocycles. The average molecular weight is 773 g/mol. The van der Waals surface area contributed by atoms with E-state index in [0.29, 0.717) is 67.8 Å². The normalized spacial score (nSPS) is 25.7. The van der Waals surface area contributed by atoms with Gasteiger partial charge in [-0.05, 0) is 92.4 Å². The van der Waals surface area contributed by atoms with Crippen LogP contribution in [0, 0.1) is 29.1 Å². The van der Waals surface area contributed by atoms with Crippen LogP contribution in [0.3, 0.4) is 0 Å². The molecule has 13 nitrogen and oxygen atoms in total. The lowest BCUT2D eigenvalue weighted by Gasteiger charge is -2.39. The van der Waals surface area contributed by atoms with Gasteiger partial charge in [0.1, 0.15) is 24.0 Å². The molecule has 0 radical (unpaired) electrons. The molecule has 1 aromatic heterocycles. The van der Waals surface area contributed by atoms with E-state index in [1.807, 2.05) is 0 Å². The molecule has 3 heterocycles. The van der Waals surface area contributed by atoms with Gasteiger partial charge in [0.2, 0.25) is 11.8 Å². The molecule has 6 rings (SSSR count). The predicted octanol–water partition coefficient (Wildman–Crippen LogP) is 5.64. The van der Waals surface area contributed by atoms with E-state index in [2.05, 4.69) is 10.0 Å². The third-order valence-electron chi connectivity index (χ3n) is 12.4. The number of hydrogen-bond acceptors (Lipinski definition) is 7. The van der Waals surface area contributed by atoms with Gasteiger partial charge in [-0.3, -0.25) is 14.4 Å². The van der Waals surface area contributed by atoms with Crippen LogP contribution in [0.4, 0.5) is 14.9 Å². The van der Waals surface area contributed by atoms with Crippen molar-refractivity contribution in [2.75, 3.05) is 25.0 Å². The molecule has 2 aliphatic carbocycles. The summed E-state index contributed by atoms with van der Waals surface area (Å²) >= 11 is 0. The van der Waals surface area contributed by atoms with Gasteiger partial charge in [-0.2, -0.15) is 12.7 Å². The van der Waals surface area contributed by atoms with Gasteiger partial charge in [-0.25, -0.2) is 13.9 Å². The zero-order valence-electron chi connectivity index (χ0n) is 32.0. The Kier molecular flexibility index (Phi) is 12.0. The molecule has 4 amide bonds. The molecule has 4 aliphatic rings. The van der Waals surface area contributed by atoms with Crippen molar-refractivity contribution < 1.29 is 36.7 Å². The summed E-state index contributed by atoms with van der Waals surface area (Å²) in [6.45, 7) is 6.50. The monoisotopic (exact) mass is 772 g/mol. The Bertz CT molecular complexity index is 1820. The maximum atomic E-state index is 15.5. The number of carbonyl (C=O) groups excluding carboxylic acids is 4. The second kappa shape index (κ2) is 16.2. The lowest BCUT2D eigenvalue weighted by Crippen LogP contribution is -2.50. The minimum atomic E-state index is -3.96. The van der Waals surface area contributed by atoms with Crippen molar-refractivity contribution in [2.45, 2.75) is 116 Å². The highest BCUT2D eigenvalue weighted by Gasteiger charge is 2.48. The van der Waals surface area contributed by atoms with Crippen molar-refractivity contribution in [1.82, 2.24) is 18.5 Å². The van der Waals surface area contributed by atoms with E-state index in [0.717, 1.165) is 44.9 Å². The highest BCUT2D eigenvalue weighted by molar-refractivity contribution is 7.87. The fourth-order valence-corrected chi connectivity index (χ4v) is 10.6. The maximum Gasteiger partial charge on any atom is 0.404 e. The first kappa shape index (κ1) is 40.0. The topological polar surface area (TPSA) is 173 Å². The Hall–Kier alpha value is -3.72. The number of nitrogens with one attached hydrogen (secondary N) is 2. The highest BCUT2D eigenvalue weighted by atomic mass is 32.2. The molecule has 2 aromatic rings. The maximum absolute atomic E-state index is 15.5. The molecule has 4 atom stereocenters. The molecule has 15 heteroatoms. The number of nitrogens with two attached hydrogens (primary N) is 1. The van der Waals surface area contributed by atoms with Crippen LogP contribution in [0.5, 0.6) is 0 Å². The van der Waals surface area contributed by atoms with Crippen LogP contribution in [-0.2, 0) is 31.6 Å². The van der Waals surface area contributed by atoms with E-state index >= 15 is 4.39 Å². The summed E-state index contributed by atoms with van der Waals surface area (Å²) in [5.74, 6) is -1.29. The van der Waals surface area contributed by atoms with Crippen molar-refractivity contribution in [3.05, 3.63) is 30.0 Å². The first-order valence-corrected chi connectivity index (χ1v) is 21.1. The number of fused-ring (bicyclic) bond motifs is 1. The Morgan fingerprint density at radius 2 is 1.57 bits per heavy atom. The van der Waals surface area contributed by atoms with Crippen LogP contribution in [0.1, 0.15) is 108 Å². The first-order chi connectivity index (χ1) is 25.5. The standard InChI is InChI=1S/C39H57FN6O7S/c1-39(2,3)34(40)33(53-38(41)50)25-12-14-26(15-13-25)37(49)46-21-18-29(24-10-6-5-7-11-24)32(46)36(48)42-28-16-17-30-27(22-28)23-31(44(30)4)35(47)43-54(51,52)45-19-8-9-20-45/h16-17,22-26,29,32-34H,5-15,18-21H2,1-4H3,(H2,41,50)(H,42,48)(H,43,47)/t25-,26-,29-,32-,33-,34?/m0/s1. The molecule has 0 spiro atoms. The Labute approximate surface area is 318 Å². The van der Waals surface area contributed by atoms with Gasteiger partial charge >= 0.3 is 16.3 Å². The van der Waals surface area contributed by atoms with E-state index in [-0.39, 0.29) is 35.3 Å². The van der Waals surface area contributed by atoms with Crippen molar-refractivity contribution in [3.63, 3.8) is 0 Å². The Balaban J connectivity index is 1.17. The smallest absolute Gasteiger partial charge is 0.404 e. The van der Waals surface area contributed by atoms with E-state index in [1.165, 1.54) is 10.7 Å². The number of hydrogen-bond donors (Lipinski definition) is 3. The number of likely N-dealkylation sites (tertiary alicyclic amines) is 1. The van der Waals surface area contributed by atoms with Gasteiger partial charge in [0.05, 0.1) is 0 Å². The van der Waals surface area contributed by atoms with Gasteiger partial charge in [0.15, 0.2) is 0 Å². The third kappa shape index (κ3) is 8.56. The summed E-state index contributed by atoms with van der Waals surface area (Å²) < 4.78 is 51.5. The molecular formula is C39H57FN6O7S. The van der Waals surface area contributed by atoms with Crippen LogP contribution in [0.25, 0.3) is 10.9 Å². The van der Waals surface area contributed by atoms with Gasteiger partial charge in [0, 0.05) is 49.2 Å². The molecule has 54 heavy (non-hydrogen) atoms. The van der Waals surface area contributed by atoms with Crippen LogP contribution in [-0.4, -0.2) is 84.0 Å². The van der Waals surface area contributed by atoms with Gasteiger partial charge in [0.25, 0.3) is 5.91 Å². The van der Waals surface area contributed by atoms with Crippen molar-refractivity contribution in [2.24, 2.45) is 41.9 Å². The Morgan fingerprint density at radius 1 is 0.907 bits per heavy atom. The van der Waals surface area contributed by atoms with Gasteiger partial charge in [-0.15, -0.1) is 0 Å². The van der Waals surface area contributed by atoms with Crippen LogP contribution in [0.2, 0.25) is 0 Å². The molecule has 1 unspecified atom stereocenters. The molecule has 298 valence electrons. The number of aromatic nitrogens is 1. The number of carbonyl (C=O) groups is 4. The van der Waals surface area contributed by atoms with Crippen molar-refractivity contribution in [1.29, 1.82) is 0 Å². The third-order valence-corrected chi connectivity index (χ3v) is 13.9. The summed E-state index contributed by atoms with van der Waals surface area (Å²) in [7, 11) is -2.27. The fraction of sp³-hybridized carbons (Fsp3) is 0.692. The second-order valence-corrected chi connectivity index (χ2v) is 18.7. The summed E-state index contributed by atoms with van der Waals surface area (Å²) in [5.41, 5.74) is 5.95. The van der Waals surface area contributed by atoms with E-state index in [4.69, 9.17) is 10.5 Å². The zero-order chi connectivity index (χ0) is 38.9. The minimum Gasteiger partial charge on any atom is -0.443 e. The molecule has 1 aromatic carbocycles. The number of anilines is 1. The summed E-state index contributed by atoms with van der Waals surface area (Å²) in [6.07, 6.45) is 6.25. The number of primary amides is 1. The zero-order valence-corrected chi connectivity index (χ0v) is 32.8. The number of benzene rings is 1. The number of alkyl halides is 1. The van der Waals surface area contributed by atoms with Gasteiger partial charge < -0.3 is 25.3 Å². The first-order valence-electron chi connectivity index (χ1n) is 19.7. The van der Waals surface area contributed by atoms with Crippen LogP contribution >= 0.6 is 0 Å². The Morgan fingerprint density at radius 3 is 2.20 bits per heavy atom. The molecule has 2 saturated carbocycles. The molecule has 4 N–H and O–H groups in total. The molecule has 2 saturated heterocycles. The summed E-state index contributed by atoms with van der Waals surface area (Å²) in [6, 6.07) is 6.25. The van der Waals surface area contributed by atoms with E-state index in [1.54, 1.807) is 61.6 Å². The van der Waals surface area contributed by atoms with Gasteiger partial charge in [-0.1, -0.05) is 52.9 Å². The number of rotatable bonds is 10. The highest BCUT2D eigenvalue weighted by Crippen LogP contribution is 2.43. The molecule has 4 fully saturated rings. The van der Waals surface area contributed by atoms with Crippen LogP contribution < -0.4 is 15.8 Å². The van der Waals surface area contributed by atoms with E-state index < -0.39 is 45.9 Å². The second-order valence-electron chi connectivity index (χ2n) is 17.0. The quantitative estimate of drug-likeness (QED) is 0.280. The fourth-order valence-electron chi connectivity index (χ4n) is 9.43. The summed E-state index contributed by atoms with van der Waals surface area (Å²) in [5, 5.41) is 3.74. The minimum absolute atomic E-state index is 0.0197. The van der Waals surface area contributed by atoms with Crippen molar-refractivity contribution in [3.8, 4) is 0 Å². The predicted molar refractivity (Wildman–Crippen MR) is 203 cm³/mol. The summed E-state index contributed by atoms with van der Waals surface area (Å²) in [4.78, 5) is 55.2. The average Bonchev–Trinajstić information content (AvgIpc) is 3.90. The number of ether oxygens (including phenoxy) is 1. The number of nitrogens with zero attached hydrogens (tertiary/aromatic N) is 3. The van der Waals surface area contributed by atoms with E-state index in [9.17, 15) is 27.6 Å². The van der Waals surface area contributed by atoms with Crippen molar-refractivity contribution >= 4 is 50.6 Å². The lowest BCUT2D eigenvalue weighted by atomic mass is 9.74. The lowest BCUT2D eigenvalue weighted by molar-refractivity contribution is -0.143.